The van der Waals surface area contributed by atoms with Crippen LogP contribution in [0.3, 0.4) is 0 Å². The van der Waals surface area contributed by atoms with Crippen molar-refractivity contribution in [1.82, 2.24) is 9.55 Å². The molecule has 0 fully saturated rings. The molecule has 0 atom stereocenters. The van der Waals surface area contributed by atoms with Crippen LogP contribution in [-0.4, -0.2) is 22.1 Å². The minimum atomic E-state index is -0.267. The highest BCUT2D eigenvalue weighted by Crippen LogP contribution is 2.19. The molecule has 0 amide bonds. The number of fused-ring (bicyclic) bond motifs is 1. The van der Waals surface area contributed by atoms with E-state index >= 15 is 0 Å². The highest BCUT2D eigenvalue weighted by atomic mass is 35.5. The normalized spacial score (nSPS) is 10.8. The predicted molar refractivity (Wildman–Crippen MR) is 66.1 cm³/mol. The molecule has 1 aromatic carbocycles. The van der Waals surface area contributed by atoms with E-state index in [-0.39, 0.29) is 12.4 Å². The van der Waals surface area contributed by atoms with Crippen molar-refractivity contribution in [3.63, 3.8) is 0 Å². The summed E-state index contributed by atoms with van der Waals surface area (Å²) in [5, 5.41) is 0.637. The van der Waals surface area contributed by atoms with Gasteiger partial charge < -0.3 is 9.30 Å². The Morgan fingerprint density at radius 3 is 3.00 bits per heavy atom. The number of carbonyl (C=O) groups is 1. The van der Waals surface area contributed by atoms with Gasteiger partial charge in [-0.25, -0.2) is 4.98 Å². The highest BCUT2D eigenvalue weighted by Gasteiger charge is 2.12. The lowest BCUT2D eigenvalue weighted by atomic mass is 10.3. The second-order valence-corrected chi connectivity index (χ2v) is 4.14. The standard InChI is InChI=1S/C12H13ClN2O2/c1-3-17-12(16)7-11-14-9-6-8(13)4-5-10(9)15(11)2/h4-6H,3,7H2,1-2H3. The third-order valence-corrected chi connectivity index (χ3v) is 2.78. The fourth-order valence-corrected chi connectivity index (χ4v) is 1.89. The van der Waals surface area contributed by atoms with Crippen LogP contribution < -0.4 is 0 Å². The summed E-state index contributed by atoms with van der Waals surface area (Å²) in [7, 11) is 1.87. The lowest BCUT2D eigenvalue weighted by molar-refractivity contribution is -0.142. The molecule has 0 spiro atoms. The van der Waals surface area contributed by atoms with Gasteiger partial charge >= 0.3 is 5.97 Å². The van der Waals surface area contributed by atoms with Gasteiger partial charge in [0.1, 0.15) is 12.2 Å². The average molecular weight is 253 g/mol. The van der Waals surface area contributed by atoms with Crippen LogP contribution in [-0.2, 0) is 23.0 Å². The summed E-state index contributed by atoms with van der Waals surface area (Å²) in [4.78, 5) is 15.8. The molecule has 0 aliphatic rings. The van der Waals surface area contributed by atoms with Gasteiger partial charge in [0, 0.05) is 12.1 Å². The Bertz CT molecular complexity index is 563. The van der Waals surface area contributed by atoms with Crippen LogP contribution in [0.2, 0.25) is 5.02 Å². The Kier molecular flexibility index (Phi) is 3.33. The smallest absolute Gasteiger partial charge is 0.313 e. The maximum atomic E-state index is 11.4. The summed E-state index contributed by atoms with van der Waals surface area (Å²) in [6.07, 6.45) is 0.177. The van der Waals surface area contributed by atoms with Crippen molar-refractivity contribution < 1.29 is 9.53 Å². The molecule has 0 saturated carbocycles. The van der Waals surface area contributed by atoms with Gasteiger partial charge in [0.15, 0.2) is 0 Å². The van der Waals surface area contributed by atoms with Crippen molar-refractivity contribution in [3.8, 4) is 0 Å². The summed E-state index contributed by atoms with van der Waals surface area (Å²) >= 11 is 5.89. The molecular weight excluding hydrogens is 240 g/mol. The maximum absolute atomic E-state index is 11.4. The first-order valence-electron chi connectivity index (χ1n) is 5.38. The molecule has 2 aromatic rings. The zero-order valence-corrected chi connectivity index (χ0v) is 10.5. The lowest BCUT2D eigenvalue weighted by Crippen LogP contribution is -2.11. The van der Waals surface area contributed by atoms with Gasteiger partial charge in [0.05, 0.1) is 17.6 Å². The number of rotatable bonds is 3. The van der Waals surface area contributed by atoms with E-state index in [4.69, 9.17) is 16.3 Å². The Morgan fingerprint density at radius 1 is 1.53 bits per heavy atom. The molecule has 2 rings (SSSR count). The summed E-state index contributed by atoms with van der Waals surface area (Å²) < 4.78 is 6.78. The van der Waals surface area contributed by atoms with Crippen LogP contribution in [0.5, 0.6) is 0 Å². The number of hydrogen-bond acceptors (Lipinski definition) is 3. The van der Waals surface area contributed by atoms with E-state index in [1.54, 1.807) is 19.1 Å². The molecule has 5 heteroatoms. The summed E-state index contributed by atoms with van der Waals surface area (Å²) in [6, 6.07) is 5.48. The molecule has 0 N–H and O–H groups in total. The molecular formula is C12H13ClN2O2. The average Bonchev–Trinajstić information content (AvgIpc) is 2.55. The van der Waals surface area contributed by atoms with Crippen molar-refractivity contribution in [2.24, 2.45) is 7.05 Å². The van der Waals surface area contributed by atoms with Crippen LogP contribution >= 0.6 is 11.6 Å². The van der Waals surface area contributed by atoms with E-state index < -0.39 is 0 Å². The molecule has 4 nitrogen and oxygen atoms in total. The number of carbonyl (C=O) groups excluding carboxylic acids is 1. The summed E-state index contributed by atoms with van der Waals surface area (Å²) in [5.41, 5.74) is 1.74. The molecule has 0 aliphatic carbocycles. The Hall–Kier alpha value is -1.55. The topological polar surface area (TPSA) is 44.1 Å². The van der Waals surface area contributed by atoms with Crippen LogP contribution in [0.4, 0.5) is 0 Å². The van der Waals surface area contributed by atoms with Crippen molar-refractivity contribution in [3.05, 3.63) is 29.0 Å². The molecule has 17 heavy (non-hydrogen) atoms. The highest BCUT2D eigenvalue weighted by molar-refractivity contribution is 6.31. The number of ether oxygens (including phenoxy) is 1. The van der Waals surface area contributed by atoms with Gasteiger partial charge in [-0.15, -0.1) is 0 Å². The summed E-state index contributed by atoms with van der Waals surface area (Å²) in [5.74, 6) is 0.415. The zero-order chi connectivity index (χ0) is 12.4. The third-order valence-electron chi connectivity index (χ3n) is 2.54. The van der Waals surface area contributed by atoms with E-state index in [1.165, 1.54) is 0 Å². The van der Waals surface area contributed by atoms with E-state index in [0.29, 0.717) is 17.5 Å². The molecule has 0 saturated heterocycles. The molecule has 0 unspecified atom stereocenters. The van der Waals surface area contributed by atoms with Gasteiger partial charge in [0.2, 0.25) is 0 Å². The van der Waals surface area contributed by atoms with Crippen molar-refractivity contribution in [2.75, 3.05) is 6.61 Å². The number of nitrogens with zero attached hydrogens (tertiary/aromatic N) is 2. The van der Waals surface area contributed by atoms with Gasteiger partial charge in [0.25, 0.3) is 0 Å². The second-order valence-electron chi connectivity index (χ2n) is 3.70. The first-order chi connectivity index (χ1) is 8.11. The van der Waals surface area contributed by atoms with Crippen molar-refractivity contribution >= 4 is 28.6 Å². The number of aryl methyl sites for hydroxylation is 1. The minimum Gasteiger partial charge on any atom is -0.466 e. The van der Waals surface area contributed by atoms with Crippen LogP contribution in [0.1, 0.15) is 12.7 Å². The molecule has 1 heterocycles. The summed E-state index contributed by atoms with van der Waals surface area (Å²) in [6.45, 7) is 2.17. The molecule has 1 aromatic heterocycles. The first-order valence-corrected chi connectivity index (χ1v) is 5.76. The van der Waals surface area contributed by atoms with Crippen LogP contribution in [0, 0.1) is 0 Å². The number of halogens is 1. The monoisotopic (exact) mass is 252 g/mol. The number of benzene rings is 1. The van der Waals surface area contributed by atoms with E-state index in [1.807, 2.05) is 17.7 Å². The number of esters is 1. The van der Waals surface area contributed by atoms with Gasteiger partial charge in [-0.1, -0.05) is 11.6 Å². The molecule has 90 valence electrons. The van der Waals surface area contributed by atoms with E-state index in [2.05, 4.69) is 4.98 Å². The fourth-order valence-electron chi connectivity index (χ4n) is 1.72. The largest absolute Gasteiger partial charge is 0.466 e. The van der Waals surface area contributed by atoms with Crippen LogP contribution in [0.15, 0.2) is 18.2 Å². The number of hydrogen-bond donors (Lipinski definition) is 0. The molecule has 0 bridgehead atoms. The molecule has 0 aliphatic heterocycles. The Morgan fingerprint density at radius 2 is 2.29 bits per heavy atom. The zero-order valence-electron chi connectivity index (χ0n) is 9.74. The number of imidazole rings is 1. The predicted octanol–water partition coefficient (Wildman–Crippen LogP) is 2.33. The fraction of sp³-hybridized carbons (Fsp3) is 0.333. The van der Waals surface area contributed by atoms with E-state index in [0.717, 1.165) is 11.0 Å². The van der Waals surface area contributed by atoms with Gasteiger partial charge in [-0.3, -0.25) is 4.79 Å². The first kappa shape index (κ1) is 11.9. The Labute approximate surface area is 104 Å². The molecule has 0 radical (unpaired) electrons. The van der Waals surface area contributed by atoms with Crippen LogP contribution in [0.25, 0.3) is 11.0 Å². The Balaban J connectivity index is 2.35. The van der Waals surface area contributed by atoms with Gasteiger partial charge in [-0.05, 0) is 25.1 Å². The quantitative estimate of drug-likeness (QED) is 0.788. The lowest BCUT2D eigenvalue weighted by Gasteiger charge is -2.02. The second kappa shape index (κ2) is 4.75. The van der Waals surface area contributed by atoms with Crippen molar-refractivity contribution in [1.29, 1.82) is 0 Å². The third kappa shape index (κ3) is 2.42. The van der Waals surface area contributed by atoms with Crippen molar-refractivity contribution in [2.45, 2.75) is 13.3 Å². The van der Waals surface area contributed by atoms with E-state index in [9.17, 15) is 4.79 Å². The SMILES string of the molecule is CCOC(=O)Cc1nc2cc(Cl)ccc2n1C. The minimum absolute atomic E-state index is 0.177. The number of aromatic nitrogens is 2. The van der Waals surface area contributed by atoms with Gasteiger partial charge in [-0.2, -0.15) is 0 Å². The maximum Gasteiger partial charge on any atom is 0.313 e.